The van der Waals surface area contributed by atoms with Crippen molar-refractivity contribution < 1.29 is 10.2 Å². The average molecular weight is 298 g/mol. The van der Waals surface area contributed by atoms with Crippen LogP contribution < -0.4 is 0 Å². The highest BCUT2D eigenvalue weighted by Crippen LogP contribution is 2.40. The molecule has 0 saturated carbocycles. The predicted octanol–water partition coefficient (Wildman–Crippen LogP) is 5.42. The van der Waals surface area contributed by atoms with Crippen molar-refractivity contribution in [2.75, 3.05) is 0 Å². The topological polar surface area (TPSA) is 40.5 Å². The Hall–Kier alpha value is -1.96. The molecule has 0 bridgehead atoms. The molecular formula is C20H26O2. The van der Waals surface area contributed by atoms with Crippen LogP contribution in [-0.4, -0.2) is 10.2 Å². The summed E-state index contributed by atoms with van der Waals surface area (Å²) < 4.78 is 0. The maximum atomic E-state index is 9.50. The number of benzene rings is 2. The summed E-state index contributed by atoms with van der Waals surface area (Å²) >= 11 is 0. The lowest BCUT2D eigenvalue weighted by Crippen LogP contribution is -2.18. The number of hydrogen-bond donors (Lipinski definition) is 2. The highest BCUT2D eigenvalue weighted by atomic mass is 16.3. The fourth-order valence-electron chi connectivity index (χ4n) is 3.52. The summed E-state index contributed by atoms with van der Waals surface area (Å²) in [6.45, 7) is 6.73. The summed E-state index contributed by atoms with van der Waals surface area (Å²) in [5.41, 5.74) is 2.56. The van der Waals surface area contributed by atoms with E-state index in [1.54, 1.807) is 24.3 Å². The predicted molar refractivity (Wildman–Crippen MR) is 91.4 cm³/mol. The molecule has 0 aromatic heterocycles. The van der Waals surface area contributed by atoms with Crippen LogP contribution >= 0.6 is 0 Å². The number of rotatable bonds is 6. The highest BCUT2D eigenvalue weighted by Gasteiger charge is 2.26. The van der Waals surface area contributed by atoms with Crippen molar-refractivity contribution in [3.05, 3.63) is 59.7 Å². The first-order valence-electron chi connectivity index (χ1n) is 8.14. The third-order valence-electron chi connectivity index (χ3n) is 4.81. The molecule has 2 nitrogen and oxygen atoms in total. The molecule has 0 unspecified atom stereocenters. The molecule has 22 heavy (non-hydrogen) atoms. The molecule has 0 saturated heterocycles. The Bertz CT molecular complexity index is 572. The molecule has 0 aliphatic carbocycles. The maximum absolute atomic E-state index is 9.50. The average Bonchev–Trinajstić information content (AvgIpc) is 2.53. The normalized spacial score (nSPS) is 15.2. The van der Waals surface area contributed by atoms with E-state index in [0.717, 1.165) is 12.8 Å². The number of aromatic hydroxyl groups is 2. The fourth-order valence-corrected chi connectivity index (χ4v) is 3.52. The van der Waals surface area contributed by atoms with E-state index in [4.69, 9.17) is 0 Å². The van der Waals surface area contributed by atoms with E-state index >= 15 is 0 Å². The molecule has 2 N–H and O–H groups in total. The smallest absolute Gasteiger partial charge is 0.115 e. The van der Waals surface area contributed by atoms with Gasteiger partial charge in [0.2, 0.25) is 0 Å². The van der Waals surface area contributed by atoms with Gasteiger partial charge >= 0.3 is 0 Å². The molecule has 0 spiro atoms. The lowest BCUT2D eigenvalue weighted by atomic mass is 9.73. The van der Waals surface area contributed by atoms with Crippen LogP contribution in [0.3, 0.4) is 0 Å². The van der Waals surface area contributed by atoms with E-state index in [2.05, 4.69) is 20.8 Å². The van der Waals surface area contributed by atoms with Crippen LogP contribution in [0.25, 0.3) is 0 Å². The zero-order chi connectivity index (χ0) is 16.1. The summed E-state index contributed by atoms with van der Waals surface area (Å²) in [6.07, 6.45) is 2.17. The van der Waals surface area contributed by atoms with Crippen molar-refractivity contribution in [1.29, 1.82) is 0 Å². The quantitative estimate of drug-likeness (QED) is 0.747. The third-order valence-corrected chi connectivity index (χ3v) is 4.81. The van der Waals surface area contributed by atoms with E-state index in [-0.39, 0.29) is 0 Å². The van der Waals surface area contributed by atoms with Gasteiger partial charge in [0.25, 0.3) is 0 Å². The molecular weight excluding hydrogens is 272 g/mol. The summed E-state index contributed by atoms with van der Waals surface area (Å²) in [5.74, 6) is 2.05. The van der Waals surface area contributed by atoms with Gasteiger partial charge in [-0.1, -0.05) is 51.5 Å². The van der Waals surface area contributed by atoms with Gasteiger partial charge in [-0.2, -0.15) is 0 Å². The molecule has 0 aliphatic rings. The molecule has 3 atom stereocenters. The van der Waals surface area contributed by atoms with Gasteiger partial charge < -0.3 is 10.2 Å². The Morgan fingerprint density at radius 3 is 1.59 bits per heavy atom. The second-order valence-corrected chi connectivity index (χ2v) is 6.06. The second-order valence-electron chi connectivity index (χ2n) is 6.06. The lowest BCUT2D eigenvalue weighted by Gasteiger charge is -2.31. The highest BCUT2D eigenvalue weighted by molar-refractivity contribution is 5.31. The van der Waals surface area contributed by atoms with Crippen molar-refractivity contribution in [2.24, 2.45) is 5.92 Å². The molecule has 0 radical (unpaired) electrons. The van der Waals surface area contributed by atoms with Gasteiger partial charge in [-0.05, 0) is 59.6 Å². The summed E-state index contributed by atoms with van der Waals surface area (Å²) in [5, 5.41) is 19.0. The molecule has 0 fully saturated rings. The van der Waals surface area contributed by atoms with E-state index in [1.807, 2.05) is 24.3 Å². The van der Waals surface area contributed by atoms with Gasteiger partial charge in [0.1, 0.15) is 11.5 Å². The first kappa shape index (κ1) is 16.4. The second kappa shape index (κ2) is 7.35. The van der Waals surface area contributed by atoms with Gasteiger partial charge in [0.15, 0.2) is 0 Å². The summed E-state index contributed by atoms with van der Waals surface area (Å²) in [6, 6.07) is 15.2. The van der Waals surface area contributed by atoms with Crippen LogP contribution in [-0.2, 0) is 0 Å². The molecule has 2 rings (SSSR count). The van der Waals surface area contributed by atoms with Crippen molar-refractivity contribution in [1.82, 2.24) is 0 Å². The van der Waals surface area contributed by atoms with Gasteiger partial charge in [-0.25, -0.2) is 0 Å². The van der Waals surface area contributed by atoms with E-state index in [9.17, 15) is 10.2 Å². The van der Waals surface area contributed by atoms with Gasteiger partial charge in [0, 0.05) is 0 Å². The number of phenolic OH excluding ortho intramolecular Hbond substituents is 2. The third kappa shape index (κ3) is 3.62. The summed E-state index contributed by atoms with van der Waals surface area (Å²) in [4.78, 5) is 0. The Kier molecular flexibility index (Phi) is 5.48. The minimum atomic E-state index is 0.314. The first-order valence-corrected chi connectivity index (χ1v) is 8.14. The SMILES string of the molecule is CC[C@H]([C@@H](C)c1ccc(O)cc1)[C@@H](CC)c1ccc(O)cc1. The van der Waals surface area contributed by atoms with Gasteiger partial charge in [-0.15, -0.1) is 0 Å². The monoisotopic (exact) mass is 298 g/mol. The van der Waals surface area contributed by atoms with E-state index < -0.39 is 0 Å². The standard InChI is InChI=1S/C20H26O2/c1-4-19(14(3)15-6-10-17(21)11-7-15)20(5-2)16-8-12-18(22)13-9-16/h6-14,19-22H,4-5H2,1-3H3/t14-,19+,20-/m0/s1. The van der Waals surface area contributed by atoms with Crippen LogP contribution in [0.5, 0.6) is 11.5 Å². The minimum Gasteiger partial charge on any atom is -0.508 e. The zero-order valence-corrected chi connectivity index (χ0v) is 13.7. The number of phenols is 2. The number of hydrogen-bond acceptors (Lipinski definition) is 2. The molecule has 118 valence electrons. The van der Waals surface area contributed by atoms with Crippen LogP contribution in [0.2, 0.25) is 0 Å². The zero-order valence-electron chi connectivity index (χ0n) is 13.7. The van der Waals surface area contributed by atoms with E-state index in [0.29, 0.717) is 29.3 Å². The van der Waals surface area contributed by atoms with Crippen LogP contribution in [0.1, 0.15) is 56.6 Å². The van der Waals surface area contributed by atoms with Crippen molar-refractivity contribution in [3.8, 4) is 11.5 Å². The molecule has 2 aromatic rings. The fraction of sp³-hybridized carbons (Fsp3) is 0.400. The van der Waals surface area contributed by atoms with Crippen LogP contribution in [0.15, 0.2) is 48.5 Å². The van der Waals surface area contributed by atoms with Crippen molar-refractivity contribution in [2.45, 2.75) is 45.4 Å². The molecule has 2 heteroatoms. The molecule has 0 aliphatic heterocycles. The van der Waals surface area contributed by atoms with Gasteiger partial charge in [-0.3, -0.25) is 0 Å². The Labute approximate surface area is 133 Å². The van der Waals surface area contributed by atoms with Crippen LogP contribution in [0.4, 0.5) is 0 Å². The largest absolute Gasteiger partial charge is 0.508 e. The van der Waals surface area contributed by atoms with Crippen molar-refractivity contribution >= 4 is 0 Å². The maximum Gasteiger partial charge on any atom is 0.115 e. The molecule has 0 heterocycles. The Morgan fingerprint density at radius 1 is 0.727 bits per heavy atom. The van der Waals surface area contributed by atoms with Crippen molar-refractivity contribution in [3.63, 3.8) is 0 Å². The Morgan fingerprint density at radius 2 is 1.18 bits per heavy atom. The molecule has 2 aromatic carbocycles. The van der Waals surface area contributed by atoms with Crippen LogP contribution in [0, 0.1) is 5.92 Å². The Balaban J connectivity index is 2.27. The van der Waals surface area contributed by atoms with E-state index in [1.165, 1.54) is 11.1 Å². The first-order chi connectivity index (χ1) is 10.6. The summed E-state index contributed by atoms with van der Waals surface area (Å²) in [7, 11) is 0. The van der Waals surface area contributed by atoms with Gasteiger partial charge in [0.05, 0.1) is 0 Å². The minimum absolute atomic E-state index is 0.314. The lowest BCUT2D eigenvalue weighted by molar-refractivity contribution is 0.345. The molecule has 0 amide bonds.